The number of sulfonamides is 1. The highest BCUT2D eigenvalue weighted by molar-refractivity contribution is 7.89. The Labute approximate surface area is 191 Å². The van der Waals surface area contributed by atoms with Crippen molar-refractivity contribution < 1.29 is 35.5 Å². The standard InChI is InChI=1S/C22H27F3N2O5S/c1-16(2)27(33(29,30)20-9-3-6-17(12-20)22(23,24)25)15-21(28)26(13-18-7-4-10-31-18)14-19-8-5-11-32-19/h3-4,6-7,9-10,12,16,19H,5,8,11,13-15H2,1-2H3. The van der Waals surface area contributed by atoms with Crippen LogP contribution in [0.1, 0.15) is 38.0 Å². The van der Waals surface area contributed by atoms with E-state index >= 15 is 0 Å². The van der Waals surface area contributed by atoms with Gasteiger partial charge >= 0.3 is 6.18 Å². The fourth-order valence-corrected chi connectivity index (χ4v) is 5.26. The second-order valence-electron chi connectivity index (χ2n) is 8.16. The largest absolute Gasteiger partial charge is 0.467 e. The Morgan fingerprint density at radius 3 is 2.55 bits per heavy atom. The molecule has 1 aromatic carbocycles. The molecular formula is C22H27F3N2O5S. The number of alkyl halides is 3. The summed E-state index contributed by atoms with van der Waals surface area (Å²) in [5.41, 5.74) is -1.07. The molecule has 0 N–H and O–H groups in total. The number of carbonyl (C=O) groups excluding carboxylic acids is 1. The van der Waals surface area contributed by atoms with Crippen LogP contribution in [-0.2, 0) is 32.3 Å². The van der Waals surface area contributed by atoms with Crippen LogP contribution < -0.4 is 0 Å². The highest BCUT2D eigenvalue weighted by Gasteiger charge is 2.35. The number of benzene rings is 1. The lowest BCUT2D eigenvalue weighted by Gasteiger charge is -2.30. The topological polar surface area (TPSA) is 80.1 Å². The van der Waals surface area contributed by atoms with Crippen molar-refractivity contribution in [3.63, 3.8) is 0 Å². The molecule has 0 aliphatic carbocycles. The molecule has 11 heteroatoms. The number of halogens is 3. The van der Waals surface area contributed by atoms with Gasteiger partial charge in [0.05, 0.1) is 35.9 Å². The Morgan fingerprint density at radius 1 is 1.21 bits per heavy atom. The summed E-state index contributed by atoms with van der Waals surface area (Å²) < 4.78 is 77.7. The first-order valence-electron chi connectivity index (χ1n) is 10.6. The monoisotopic (exact) mass is 488 g/mol. The molecule has 3 rings (SSSR count). The first-order chi connectivity index (χ1) is 15.5. The molecule has 0 spiro atoms. The van der Waals surface area contributed by atoms with E-state index in [1.54, 1.807) is 26.0 Å². The van der Waals surface area contributed by atoms with Crippen molar-refractivity contribution in [2.24, 2.45) is 0 Å². The molecule has 0 radical (unpaired) electrons. The van der Waals surface area contributed by atoms with Crippen molar-refractivity contribution in [1.82, 2.24) is 9.21 Å². The quantitative estimate of drug-likeness (QED) is 0.535. The molecule has 33 heavy (non-hydrogen) atoms. The fraction of sp³-hybridized carbons (Fsp3) is 0.500. The maximum absolute atomic E-state index is 13.2. The highest BCUT2D eigenvalue weighted by Crippen LogP contribution is 2.31. The second kappa shape index (κ2) is 10.3. The average molecular weight is 489 g/mol. The van der Waals surface area contributed by atoms with Gasteiger partial charge in [-0.25, -0.2) is 8.42 Å². The van der Waals surface area contributed by atoms with E-state index in [0.29, 0.717) is 18.4 Å². The van der Waals surface area contributed by atoms with E-state index in [0.717, 1.165) is 35.3 Å². The van der Waals surface area contributed by atoms with Gasteiger partial charge in [0.25, 0.3) is 0 Å². The van der Waals surface area contributed by atoms with Gasteiger partial charge in [0.15, 0.2) is 0 Å². The molecule has 1 saturated heterocycles. The average Bonchev–Trinajstić information content (AvgIpc) is 3.45. The predicted molar refractivity (Wildman–Crippen MR) is 114 cm³/mol. The summed E-state index contributed by atoms with van der Waals surface area (Å²) in [6.45, 7) is 3.58. The molecule has 1 unspecified atom stereocenters. The van der Waals surface area contributed by atoms with Gasteiger partial charge in [-0.05, 0) is 57.0 Å². The van der Waals surface area contributed by atoms with E-state index in [4.69, 9.17) is 9.15 Å². The maximum atomic E-state index is 13.2. The SMILES string of the molecule is CC(C)N(CC(=O)N(Cc1ccco1)CC1CCCO1)S(=O)(=O)c1cccc(C(F)(F)F)c1. The maximum Gasteiger partial charge on any atom is 0.416 e. The van der Waals surface area contributed by atoms with Gasteiger partial charge in [-0.1, -0.05) is 6.07 Å². The Kier molecular flexibility index (Phi) is 7.86. The third-order valence-corrected chi connectivity index (χ3v) is 7.38. The van der Waals surface area contributed by atoms with E-state index in [2.05, 4.69) is 0 Å². The molecule has 1 atom stereocenters. The van der Waals surface area contributed by atoms with Gasteiger partial charge in [0, 0.05) is 19.2 Å². The van der Waals surface area contributed by atoms with Crippen molar-refractivity contribution >= 4 is 15.9 Å². The fourth-order valence-electron chi connectivity index (χ4n) is 3.63. The van der Waals surface area contributed by atoms with E-state index < -0.39 is 45.2 Å². The first-order valence-corrected chi connectivity index (χ1v) is 12.0. The number of carbonyl (C=O) groups is 1. The number of rotatable bonds is 9. The number of hydrogen-bond donors (Lipinski definition) is 0. The van der Waals surface area contributed by atoms with Crippen LogP contribution in [0.3, 0.4) is 0 Å². The summed E-state index contributed by atoms with van der Waals surface area (Å²) in [4.78, 5) is 14.2. The Balaban J connectivity index is 1.84. The normalized spacial score (nSPS) is 17.1. The third-order valence-electron chi connectivity index (χ3n) is 5.36. The molecular weight excluding hydrogens is 461 g/mol. The van der Waals surface area contributed by atoms with Gasteiger partial charge < -0.3 is 14.1 Å². The number of amides is 1. The third kappa shape index (κ3) is 6.36. The molecule has 0 bridgehead atoms. The lowest BCUT2D eigenvalue weighted by atomic mass is 10.2. The zero-order valence-electron chi connectivity index (χ0n) is 18.4. The van der Waals surface area contributed by atoms with Crippen LogP contribution >= 0.6 is 0 Å². The second-order valence-corrected chi connectivity index (χ2v) is 10.0. The van der Waals surface area contributed by atoms with E-state index in [1.165, 1.54) is 11.2 Å². The van der Waals surface area contributed by atoms with Crippen molar-refractivity contribution in [1.29, 1.82) is 0 Å². The van der Waals surface area contributed by atoms with E-state index in [1.807, 2.05) is 0 Å². The summed E-state index contributed by atoms with van der Waals surface area (Å²) in [5, 5.41) is 0. The van der Waals surface area contributed by atoms with Crippen LogP contribution in [0.25, 0.3) is 0 Å². The summed E-state index contributed by atoms with van der Waals surface area (Å²) in [7, 11) is -4.37. The lowest BCUT2D eigenvalue weighted by Crippen LogP contribution is -2.47. The molecule has 182 valence electrons. The van der Waals surface area contributed by atoms with Gasteiger partial charge in [-0.15, -0.1) is 0 Å². The molecule has 1 aliphatic heterocycles. The van der Waals surface area contributed by atoms with Gasteiger partial charge in [-0.2, -0.15) is 17.5 Å². The van der Waals surface area contributed by atoms with Crippen LogP contribution in [0.5, 0.6) is 0 Å². The Bertz CT molecular complexity index is 1030. The van der Waals surface area contributed by atoms with Crippen LogP contribution in [0.4, 0.5) is 13.2 Å². The Morgan fingerprint density at radius 2 is 1.97 bits per heavy atom. The van der Waals surface area contributed by atoms with Crippen molar-refractivity contribution in [3.8, 4) is 0 Å². The van der Waals surface area contributed by atoms with E-state index in [9.17, 15) is 26.4 Å². The zero-order chi connectivity index (χ0) is 24.2. The molecule has 7 nitrogen and oxygen atoms in total. The summed E-state index contributed by atoms with van der Waals surface area (Å²) >= 11 is 0. The first kappa shape index (κ1) is 25.3. The zero-order valence-corrected chi connectivity index (χ0v) is 19.2. The van der Waals surface area contributed by atoms with Gasteiger partial charge in [0.1, 0.15) is 5.76 Å². The molecule has 1 aromatic heterocycles. The van der Waals surface area contributed by atoms with Crippen LogP contribution in [0.15, 0.2) is 52.0 Å². The van der Waals surface area contributed by atoms with Crippen molar-refractivity contribution in [3.05, 3.63) is 54.0 Å². The summed E-state index contributed by atoms with van der Waals surface area (Å²) in [6, 6.07) is 6.24. The van der Waals surface area contributed by atoms with Crippen molar-refractivity contribution in [2.75, 3.05) is 19.7 Å². The molecule has 1 aliphatic rings. The minimum Gasteiger partial charge on any atom is -0.467 e. The molecule has 1 fully saturated rings. The number of ether oxygens (including phenoxy) is 1. The van der Waals surface area contributed by atoms with Gasteiger partial charge in [0.2, 0.25) is 15.9 Å². The number of nitrogens with zero attached hydrogens (tertiary/aromatic N) is 2. The van der Waals surface area contributed by atoms with Crippen LogP contribution in [0, 0.1) is 0 Å². The van der Waals surface area contributed by atoms with Crippen LogP contribution in [-0.4, -0.2) is 55.4 Å². The summed E-state index contributed by atoms with van der Waals surface area (Å²) in [6.07, 6.45) is -1.74. The lowest BCUT2D eigenvalue weighted by molar-refractivity contribution is -0.137. The molecule has 2 heterocycles. The molecule has 0 saturated carbocycles. The van der Waals surface area contributed by atoms with E-state index in [-0.39, 0.29) is 19.2 Å². The smallest absolute Gasteiger partial charge is 0.416 e. The minimum absolute atomic E-state index is 0.126. The number of furan rings is 1. The van der Waals surface area contributed by atoms with Gasteiger partial charge in [-0.3, -0.25) is 4.79 Å². The highest BCUT2D eigenvalue weighted by atomic mass is 32.2. The Hall–Kier alpha value is -2.37. The molecule has 2 aromatic rings. The molecule has 1 amide bonds. The minimum atomic E-state index is -4.69. The predicted octanol–water partition coefficient (Wildman–Crippen LogP) is 3.91. The number of hydrogen-bond acceptors (Lipinski definition) is 5. The summed E-state index contributed by atoms with van der Waals surface area (Å²) in [5.74, 6) is 0.0318. The van der Waals surface area contributed by atoms with Crippen LogP contribution in [0.2, 0.25) is 0 Å². The van der Waals surface area contributed by atoms with Crippen molar-refractivity contribution in [2.45, 2.75) is 56.5 Å².